The average molecular weight is 375 g/mol. The second kappa shape index (κ2) is 8.03. The minimum Gasteiger partial charge on any atom is -0.464 e. The van der Waals surface area contributed by atoms with Crippen LogP contribution in [0.1, 0.15) is 39.1 Å². The van der Waals surface area contributed by atoms with E-state index in [1.165, 1.54) is 30.5 Å². The fourth-order valence-corrected chi connectivity index (χ4v) is 2.40. The molecule has 7 nitrogen and oxygen atoms in total. The molecule has 1 aromatic heterocycles. The van der Waals surface area contributed by atoms with Crippen molar-refractivity contribution in [2.75, 3.05) is 0 Å². The van der Waals surface area contributed by atoms with Crippen LogP contribution in [0.4, 0.5) is 14.0 Å². The van der Waals surface area contributed by atoms with Gasteiger partial charge < -0.3 is 15.2 Å². The van der Waals surface area contributed by atoms with Crippen LogP contribution in [0.5, 0.6) is 0 Å². The fraction of sp³-hybridized carbons (Fsp3) is 0.316. The maximum Gasteiger partial charge on any atom is 0.417 e. The summed E-state index contributed by atoms with van der Waals surface area (Å²) in [5, 5.41) is 12.1. The molecule has 0 spiro atoms. The molecule has 1 atom stereocenters. The Morgan fingerprint density at radius 1 is 1.37 bits per heavy atom. The molecule has 1 heterocycles. The molecule has 0 bridgehead atoms. The van der Waals surface area contributed by atoms with Crippen molar-refractivity contribution < 1.29 is 23.8 Å². The van der Waals surface area contributed by atoms with Gasteiger partial charge in [0.15, 0.2) is 0 Å². The average Bonchev–Trinajstić information content (AvgIpc) is 2.99. The number of carbonyl (C=O) groups excluding carboxylic acids is 1. The molecule has 8 heteroatoms. The minimum atomic E-state index is -1.26. The summed E-state index contributed by atoms with van der Waals surface area (Å²) in [5.74, 6) is -0.305. The Kier molecular flexibility index (Phi) is 5.99. The van der Waals surface area contributed by atoms with E-state index in [2.05, 4.69) is 16.9 Å². The Hall–Kier alpha value is -3.16. The summed E-state index contributed by atoms with van der Waals surface area (Å²) in [6.07, 6.45) is 1.15. The van der Waals surface area contributed by atoms with E-state index >= 15 is 0 Å². The third-order valence-electron chi connectivity index (χ3n) is 3.48. The Balaban J connectivity index is 2.39. The highest BCUT2D eigenvalue weighted by atomic mass is 19.1. The molecule has 2 N–H and O–H groups in total. The van der Waals surface area contributed by atoms with Crippen LogP contribution < -0.4 is 5.32 Å². The van der Waals surface area contributed by atoms with Crippen LogP contribution >= 0.6 is 0 Å². The maximum atomic E-state index is 13.1. The minimum absolute atomic E-state index is 0.104. The zero-order valence-corrected chi connectivity index (χ0v) is 15.4. The van der Waals surface area contributed by atoms with Crippen LogP contribution in [0.25, 0.3) is 11.3 Å². The summed E-state index contributed by atoms with van der Waals surface area (Å²) in [4.78, 5) is 28.1. The molecule has 1 amide bonds. The molecule has 2 aromatic rings. The van der Waals surface area contributed by atoms with E-state index in [4.69, 9.17) is 4.74 Å². The molecule has 27 heavy (non-hydrogen) atoms. The standard InChI is InChI=1S/C19H22FN3O4/c1-5-6-14(22-17(24)27-19(2,3)4)16-21-15(11-23(16)18(25)26)12-7-9-13(20)10-8-12/h5,7-11,14H,1,6H2,2-4H3,(H,22,24)(H,25,26)/t14-/m0/s1. The third kappa shape index (κ3) is 5.40. The van der Waals surface area contributed by atoms with E-state index in [0.29, 0.717) is 11.3 Å². The van der Waals surface area contributed by atoms with Gasteiger partial charge in [-0.3, -0.25) is 0 Å². The number of halogens is 1. The molecule has 0 fully saturated rings. The predicted octanol–water partition coefficient (Wildman–Crippen LogP) is 4.36. The van der Waals surface area contributed by atoms with Gasteiger partial charge in [-0.05, 0) is 51.5 Å². The molecule has 0 aliphatic rings. The monoisotopic (exact) mass is 375 g/mol. The van der Waals surface area contributed by atoms with Gasteiger partial charge >= 0.3 is 12.2 Å². The number of benzene rings is 1. The first-order valence-corrected chi connectivity index (χ1v) is 8.29. The number of rotatable bonds is 5. The van der Waals surface area contributed by atoms with Gasteiger partial charge in [0.2, 0.25) is 0 Å². The molecule has 2 rings (SSSR count). The van der Waals surface area contributed by atoms with Crippen molar-refractivity contribution in [3.63, 3.8) is 0 Å². The van der Waals surface area contributed by atoms with E-state index in [1.807, 2.05) is 0 Å². The first-order valence-electron chi connectivity index (χ1n) is 8.29. The first-order chi connectivity index (χ1) is 12.6. The molecule has 0 aliphatic carbocycles. The number of imidazole rings is 1. The number of nitrogens with zero attached hydrogens (tertiary/aromatic N) is 2. The third-order valence-corrected chi connectivity index (χ3v) is 3.48. The summed E-state index contributed by atoms with van der Waals surface area (Å²) >= 11 is 0. The van der Waals surface area contributed by atoms with E-state index in [1.54, 1.807) is 26.8 Å². The molecular formula is C19H22FN3O4. The van der Waals surface area contributed by atoms with Crippen LogP contribution in [0.2, 0.25) is 0 Å². The largest absolute Gasteiger partial charge is 0.464 e. The van der Waals surface area contributed by atoms with E-state index in [0.717, 1.165) is 4.57 Å². The summed E-state index contributed by atoms with van der Waals surface area (Å²) in [6, 6.07) is 4.75. The van der Waals surface area contributed by atoms with Crippen LogP contribution in [-0.2, 0) is 4.74 Å². The number of carboxylic acid groups (broad SMARTS) is 1. The molecule has 0 radical (unpaired) electrons. The maximum absolute atomic E-state index is 13.1. The lowest BCUT2D eigenvalue weighted by atomic mass is 10.1. The van der Waals surface area contributed by atoms with E-state index < -0.39 is 29.6 Å². The van der Waals surface area contributed by atoms with Crippen molar-refractivity contribution in [1.29, 1.82) is 0 Å². The lowest BCUT2D eigenvalue weighted by Gasteiger charge is -2.23. The number of aromatic nitrogens is 2. The van der Waals surface area contributed by atoms with Crippen LogP contribution in [0.15, 0.2) is 43.1 Å². The van der Waals surface area contributed by atoms with Crippen LogP contribution in [0.3, 0.4) is 0 Å². The second-order valence-electron chi connectivity index (χ2n) is 6.87. The highest BCUT2D eigenvalue weighted by molar-refractivity contribution is 5.73. The van der Waals surface area contributed by atoms with Gasteiger partial charge in [0.05, 0.1) is 11.7 Å². The lowest BCUT2D eigenvalue weighted by molar-refractivity contribution is 0.0500. The van der Waals surface area contributed by atoms with Crippen molar-refractivity contribution in [3.8, 4) is 11.3 Å². The number of alkyl carbamates (subject to hydrolysis) is 1. The zero-order valence-electron chi connectivity index (χ0n) is 15.4. The van der Waals surface area contributed by atoms with Gasteiger partial charge in [-0.25, -0.2) is 23.5 Å². The SMILES string of the molecule is C=CC[C@H](NC(=O)OC(C)(C)C)c1nc(-c2ccc(F)cc2)cn1C(=O)O. The molecule has 0 aliphatic heterocycles. The van der Waals surface area contributed by atoms with Gasteiger partial charge in [-0.1, -0.05) is 6.08 Å². The topological polar surface area (TPSA) is 93.5 Å². The normalized spacial score (nSPS) is 12.3. The van der Waals surface area contributed by atoms with Crippen molar-refractivity contribution in [1.82, 2.24) is 14.9 Å². The molecule has 0 saturated heterocycles. The molecule has 144 valence electrons. The second-order valence-corrected chi connectivity index (χ2v) is 6.87. The zero-order chi connectivity index (χ0) is 20.2. The molecule has 1 aromatic carbocycles. The van der Waals surface area contributed by atoms with Crippen molar-refractivity contribution in [3.05, 3.63) is 54.8 Å². The van der Waals surface area contributed by atoms with Gasteiger partial charge in [0.1, 0.15) is 17.2 Å². The fourth-order valence-electron chi connectivity index (χ4n) is 2.40. The molecular weight excluding hydrogens is 353 g/mol. The highest BCUT2D eigenvalue weighted by Crippen LogP contribution is 2.24. The Bertz CT molecular complexity index is 838. The van der Waals surface area contributed by atoms with Gasteiger partial charge in [0.25, 0.3) is 0 Å². The Labute approximate surface area is 156 Å². The van der Waals surface area contributed by atoms with Crippen molar-refractivity contribution in [2.24, 2.45) is 0 Å². The molecule has 0 saturated carbocycles. The van der Waals surface area contributed by atoms with E-state index in [9.17, 15) is 19.1 Å². The first kappa shape index (κ1) is 20.2. The smallest absolute Gasteiger partial charge is 0.417 e. The highest BCUT2D eigenvalue weighted by Gasteiger charge is 2.25. The van der Waals surface area contributed by atoms with Gasteiger partial charge in [-0.15, -0.1) is 6.58 Å². The Morgan fingerprint density at radius 3 is 2.52 bits per heavy atom. The van der Waals surface area contributed by atoms with Crippen molar-refractivity contribution in [2.45, 2.75) is 38.8 Å². The summed E-state index contributed by atoms with van der Waals surface area (Å²) in [6.45, 7) is 8.81. The van der Waals surface area contributed by atoms with Crippen molar-refractivity contribution >= 4 is 12.2 Å². The summed E-state index contributed by atoms with van der Waals surface area (Å²) < 4.78 is 19.3. The number of ether oxygens (including phenoxy) is 1. The van der Waals surface area contributed by atoms with Gasteiger partial charge in [0, 0.05) is 11.8 Å². The number of hydrogen-bond acceptors (Lipinski definition) is 4. The number of amides is 1. The molecule has 0 unspecified atom stereocenters. The van der Waals surface area contributed by atoms with Gasteiger partial charge in [-0.2, -0.15) is 0 Å². The van der Waals surface area contributed by atoms with E-state index in [-0.39, 0.29) is 12.2 Å². The predicted molar refractivity (Wildman–Crippen MR) is 98.0 cm³/mol. The van der Waals surface area contributed by atoms with Crippen LogP contribution in [0, 0.1) is 5.82 Å². The number of hydrogen-bond donors (Lipinski definition) is 2. The summed E-state index contributed by atoms with van der Waals surface area (Å²) in [7, 11) is 0. The Morgan fingerprint density at radius 2 is 2.00 bits per heavy atom. The lowest BCUT2D eigenvalue weighted by Crippen LogP contribution is -2.36. The number of carbonyl (C=O) groups is 2. The summed E-state index contributed by atoms with van der Waals surface area (Å²) in [5.41, 5.74) is 0.185. The number of nitrogens with one attached hydrogen (secondary N) is 1. The quantitative estimate of drug-likeness (QED) is 0.758. The van der Waals surface area contributed by atoms with Crippen LogP contribution in [-0.4, -0.2) is 32.4 Å².